The van der Waals surface area contributed by atoms with Gasteiger partial charge in [0.1, 0.15) is 11.6 Å². The molecule has 5 nitrogen and oxygen atoms in total. The molecule has 124 valence electrons. The van der Waals surface area contributed by atoms with E-state index in [9.17, 15) is 9.18 Å². The van der Waals surface area contributed by atoms with Crippen LogP contribution in [-0.4, -0.2) is 24.3 Å². The average molecular weight is 328 g/mol. The van der Waals surface area contributed by atoms with Crippen LogP contribution < -0.4 is 10.1 Å². The van der Waals surface area contributed by atoms with E-state index in [1.807, 2.05) is 0 Å². The first-order valence-electron chi connectivity index (χ1n) is 7.47. The third-order valence-corrected chi connectivity index (χ3v) is 3.88. The smallest absolute Gasteiger partial charge is 0.271 e. The van der Waals surface area contributed by atoms with E-state index in [0.717, 1.165) is 0 Å². The highest BCUT2D eigenvalue weighted by atomic mass is 19.1. The normalized spacial score (nSPS) is 19.4. The second-order valence-corrected chi connectivity index (χ2v) is 5.70. The van der Waals surface area contributed by atoms with E-state index in [4.69, 9.17) is 9.57 Å². The van der Waals surface area contributed by atoms with E-state index in [1.54, 1.807) is 56.5 Å². The largest absolute Gasteiger partial charge is 0.497 e. The third-order valence-electron chi connectivity index (χ3n) is 3.88. The van der Waals surface area contributed by atoms with Crippen LogP contribution in [0.2, 0.25) is 0 Å². The van der Waals surface area contributed by atoms with E-state index in [-0.39, 0.29) is 18.1 Å². The number of oxime groups is 1. The summed E-state index contributed by atoms with van der Waals surface area (Å²) in [5, 5.41) is 6.68. The minimum absolute atomic E-state index is 0.190. The quantitative estimate of drug-likeness (QED) is 0.936. The van der Waals surface area contributed by atoms with Crippen LogP contribution in [-0.2, 0) is 9.63 Å². The topological polar surface area (TPSA) is 59.9 Å². The second-order valence-electron chi connectivity index (χ2n) is 5.70. The van der Waals surface area contributed by atoms with Crippen molar-refractivity contribution in [2.75, 3.05) is 12.4 Å². The molecule has 0 aliphatic carbocycles. The van der Waals surface area contributed by atoms with E-state index in [2.05, 4.69) is 10.5 Å². The van der Waals surface area contributed by atoms with Gasteiger partial charge in [0.25, 0.3) is 5.91 Å². The molecule has 0 saturated carbocycles. The number of hydrogen-bond acceptors (Lipinski definition) is 4. The predicted molar refractivity (Wildman–Crippen MR) is 88.7 cm³/mol. The first-order chi connectivity index (χ1) is 11.5. The number of carbonyl (C=O) groups excluding carboxylic acids is 1. The summed E-state index contributed by atoms with van der Waals surface area (Å²) < 4.78 is 18.9. The van der Waals surface area contributed by atoms with Gasteiger partial charge < -0.3 is 14.9 Å². The van der Waals surface area contributed by atoms with Crippen LogP contribution in [0.3, 0.4) is 0 Å². The molecule has 1 amide bonds. The molecule has 0 unspecified atom stereocenters. The highest BCUT2D eigenvalue weighted by Crippen LogP contribution is 2.29. The molecule has 0 bridgehead atoms. The number of ether oxygens (including phenoxy) is 1. The van der Waals surface area contributed by atoms with E-state index in [1.165, 1.54) is 6.07 Å². The summed E-state index contributed by atoms with van der Waals surface area (Å²) >= 11 is 0. The van der Waals surface area contributed by atoms with Crippen molar-refractivity contribution in [3.63, 3.8) is 0 Å². The minimum atomic E-state index is -1.18. The summed E-state index contributed by atoms with van der Waals surface area (Å²) in [6.45, 7) is 1.63. The highest BCUT2D eigenvalue weighted by Gasteiger charge is 2.42. The molecule has 3 rings (SSSR count). The molecule has 1 aliphatic rings. The first-order valence-corrected chi connectivity index (χ1v) is 7.47. The average Bonchev–Trinajstić information content (AvgIpc) is 2.99. The number of carbonyl (C=O) groups is 1. The second kappa shape index (κ2) is 6.31. The van der Waals surface area contributed by atoms with Crippen LogP contribution in [0.5, 0.6) is 5.75 Å². The van der Waals surface area contributed by atoms with Crippen molar-refractivity contribution >= 4 is 17.3 Å². The molecule has 0 aromatic heterocycles. The van der Waals surface area contributed by atoms with E-state index >= 15 is 0 Å². The standard InChI is InChI=1S/C18H17FN2O3/c1-18(17(22)20-12-7-9-13(23-2)10-8-12)11-16(21-24-18)14-5-3-4-6-15(14)19/h3-10H,11H2,1-2H3,(H,20,22)/t18-/m0/s1. The summed E-state index contributed by atoms with van der Waals surface area (Å²) in [4.78, 5) is 17.8. The van der Waals surface area contributed by atoms with Crippen LogP contribution in [0.4, 0.5) is 10.1 Å². The van der Waals surface area contributed by atoms with Crippen molar-refractivity contribution in [1.82, 2.24) is 0 Å². The fourth-order valence-electron chi connectivity index (χ4n) is 2.44. The van der Waals surface area contributed by atoms with Gasteiger partial charge in [-0.2, -0.15) is 0 Å². The minimum Gasteiger partial charge on any atom is -0.497 e. The zero-order valence-electron chi connectivity index (χ0n) is 13.4. The number of nitrogens with zero attached hydrogens (tertiary/aromatic N) is 1. The monoisotopic (exact) mass is 328 g/mol. The highest BCUT2D eigenvalue weighted by molar-refractivity contribution is 6.08. The van der Waals surface area contributed by atoms with Gasteiger partial charge in [-0.3, -0.25) is 4.79 Å². The molecule has 1 aliphatic heterocycles. The Hall–Kier alpha value is -2.89. The molecule has 0 fully saturated rings. The van der Waals surface area contributed by atoms with Gasteiger partial charge in [-0.05, 0) is 37.3 Å². The van der Waals surface area contributed by atoms with Crippen LogP contribution in [0.25, 0.3) is 0 Å². The summed E-state index contributed by atoms with van der Waals surface area (Å²) in [5.74, 6) is -0.0380. The zero-order valence-corrected chi connectivity index (χ0v) is 13.4. The van der Waals surface area contributed by atoms with Crippen LogP contribution >= 0.6 is 0 Å². The van der Waals surface area contributed by atoms with Crippen LogP contribution in [0.15, 0.2) is 53.7 Å². The molecule has 2 aromatic rings. The van der Waals surface area contributed by atoms with Gasteiger partial charge in [0.2, 0.25) is 5.60 Å². The molecule has 6 heteroatoms. The summed E-state index contributed by atoms with van der Waals surface area (Å²) in [5.41, 5.74) is 0.196. The first kappa shape index (κ1) is 16.0. The maximum atomic E-state index is 13.9. The molecule has 24 heavy (non-hydrogen) atoms. The number of hydrogen-bond donors (Lipinski definition) is 1. The Morgan fingerprint density at radius 1 is 1.25 bits per heavy atom. The molecule has 1 N–H and O–H groups in total. The Bertz CT molecular complexity index is 789. The Morgan fingerprint density at radius 2 is 1.96 bits per heavy atom. The van der Waals surface area contributed by atoms with Crippen molar-refractivity contribution in [1.29, 1.82) is 0 Å². The van der Waals surface area contributed by atoms with Crippen molar-refractivity contribution < 1.29 is 18.8 Å². The number of methoxy groups -OCH3 is 1. The molecule has 1 atom stereocenters. The SMILES string of the molecule is COc1ccc(NC(=O)[C@]2(C)CC(c3ccccc3F)=NO2)cc1. The predicted octanol–water partition coefficient (Wildman–Crippen LogP) is 3.36. The van der Waals surface area contributed by atoms with Crippen molar-refractivity contribution in [3.05, 3.63) is 59.9 Å². The van der Waals surface area contributed by atoms with Crippen molar-refractivity contribution in [3.8, 4) is 5.75 Å². The van der Waals surface area contributed by atoms with Gasteiger partial charge in [-0.25, -0.2) is 4.39 Å². The fraction of sp³-hybridized carbons (Fsp3) is 0.222. The lowest BCUT2D eigenvalue weighted by molar-refractivity contribution is -0.135. The number of amides is 1. The van der Waals surface area contributed by atoms with Gasteiger partial charge in [-0.15, -0.1) is 0 Å². The molecule has 0 radical (unpaired) electrons. The number of benzene rings is 2. The lowest BCUT2D eigenvalue weighted by Crippen LogP contribution is -2.40. The summed E-state index contributed by atoms with van der Waals surface area (Å²) in [6, 6.07) is 13.2. The number of anilines is 1. The zero-order chi connectivity index (χ0) is 17.2. The van der Waals surface area contributed by atoms with Gasteiger partial charge in [0.05, 0.1) is 12.8 Å². The fourth-order valence-corrected chi connectivity index (χ4v) is 2.44. The third kappa shape index (κ3) is 3.08. The maximum Gasteiger partial charge on any atom is 0.271 e. The molecular formula is C18H17FN2O3. The lowest BCUT2D eigenvalue weighted by Gasteiger charge is -2.20. The maximum absolute atomic E-state index is 13.9. The number of nitrogens with one attached hydrogen (secondary N) is 1. The van der Waals surface area contributed by atoms with E-state index < -0.39 is 5.60 Å². The molecule has 0 spiro atoms. The Labute approximate surface area is 139 Å². The van der Waals surface area contributed by atoms with Gasteiger partial charge in [0.15, 0.2) is 0 Å². The number of rotatable bonds is 4. The van der Waals surface area contributed by atoms with Gasteiger partial charge in [-0.1, -0.05) is 23.4 Å². The summed E-state index contributed by atoms with van der Waals surface area (Å²) in [6.07, 6.45) is 0.190. The molecule has 2 aromatic carbocycles. The number of halogens is 1. The van der Waals surface area contributed by atoms with Gasteiger partial charge in [0, 0.05) is 17.7 Å². The Morgan fingerprint density at radius 3 is 2.62 bits per heavy atom. The van der Waals surface area contributed by atoms with E-state index in [0.29, 0.717) is 22.7 Å². The molecular weight excluding hydrogens is 311 g/mol. The van der Waals surface area contributed by atoms with Crippen LogP contribution in [0, 0.1) is 5.82 Å². The lowest BCUT2D eigenvalue weighted by atomic mass is 9.95. The van der Waals surface area contributed by atoms with Gasteiger partial charge >= 0.3 is 0 Å². The Kier molecular flexibility index (Phi) is 4.20. The van der Waals surface area contributed by atoms with Crippen LogP contribution in [0.1, 0.15) is 18.9 Å². The molecule has 1 heterocycles. The molecule has 0 saturated heterocycles. The van der Waals surface area contributed by atoms with Crippen molar-refractivity contribution in [2.24, 2.45) is 5.16 Å². The summed E-state index contributed by atoms with van der Waals surface area (Å²) in [7, 11) is 1.57. The Balaban J connectivity index is 1.71. The van der Waals surface area contributed by atoms with Crippen molar-refractivity contribution in [2.45, 2.75) is 18.9 Å².